The summed E-state index contributed by atoms with van der Waals surface area (Å²) in [4.78, 5) is 29.5. The van der Waals surface area contributed by atoms with Gasteiger partial charge in [-0.15, -0.1) is 0 Å². The number of nitrogens with zero attached hydrogens (tertiary/aromatic N) is 4. The Kier molecular flexibility index (Phi) is 6.12. The van der Waals surface area contributed by atoms with Gasteiger partial charge < -0.3 is 9.80 Å². The lowest BCUT2D eigenvalue weighted by molar-refractivity contribution is -0.132. The Morgan fingerprint density at radius 2 is 1.70 bits per heavy atom. The molecule has 2 heterocycles. The highest BCUT2D eigenvalue weighted by atomic mass is 16.2. The first-order chi connectivity index (χ1) is 14.6. The average molecular weight is 405 g/mol. The number of benzene rings is 2. The van der Waals surface area contributed by atoms with E-state index in [4.69, 9.17) is 0 Å². The molecule has 0 unspecified atom stereocenters. The van der Waals surface area contributed by atoms with Crippen molar-refractivity contribution in [2.45, 2.75) is 38.8 Å². The summed E-state index contributed by atoms with van der Waals surface area (Å²) in [6.45, 7) is 3.05. The maximum absolute atomic E-state index is 13.1. The first-order valence-electron chi connectivity index (χ1n) is 10.6. The molecule has 2 aliphatic heterocycles. The zero-order valence-corrected chi connectivity index (χ0v) is 17.5. The molecule has 6 nitrogen and oxygen atoms in total. The lowest BCUT2D eigenvalue weighted by Crippen LogP contribution is -2.39. The molecule has 156 valence electrons. The number of hydrogen-bond donors (Lipinski definition) is 0. The number of carbonyl (C=O) groups is 2. The van der Waals surface area contributed by atoms with Crippen LogP contribution in [0.15, 0.2) is 59.7 Å². The van der Waals surface area contributed by atoms with Gasteiger partial charge in [0.25, 0.3) is 5.91 Å². The van der Waals surface area contributed by atoms with Crippen LogP contribution in [0.3, 0.4) is 0 Å². The number of carbonyl (C=O) groups excluding carboxylic acids is 2. The Balaban J connectivity index is 1.47. The van der Waals surface area contributed by atoms with Crippen molar-refractivity contribution in [3.05, 3.63) is 65.7 Å². The monoisotopic (exact) mass is 404 g/mol. The van der Waals surface area contributed by atoms with Crippen molar-refractivity contribution >= 4 is 23.2 Å². The predicted octanol–water partition coefficient (Wildman–Crippen LogP) is 3.42. The van der Waals surface area contributed by atoms with E-state index in [2.05, 4.69) is 28.2 Å². The van der Waals surface area contributed by atoms with E-state index >= 15 is 0 Å². The van der Waals surface area contributed by atoms with Crippen LogP contribution in [0, 0.1) is 0 Å². The maximum atomic E-state index is 13.1. The molecule has 1 saturated heterocycles. The first kappa shape index (κ1) is 20.1. The molecule has 0 N–H and O–H groups in total. The molecule has 2 aliphatic rings. The molecule has 2 aromatic carbocycles. The molecule has 6 heteroatoms. The number of amides is 2. The van der Waals surface area contributed by atoms with Crippen molar-refractivity contribution in [3.63, 3.8) is 0 Å². The fraction of sp³-hybridized carbons (Fsp3) is 0.375. The van der Waals surface area contributed by atoms with Gasteiger partial charge in [-0.25, -0.2) is 5.01 Å². The van der Waals surface area contributed by atoms with Crippen LogP contribution in [-0.2, 0) is 22.7 Å². The molecule has 2 aromatic rings. The molecule has 2 amide bonds. The Bertz CT molecular complexity index is 935. The minimum absolute atomic E-state index is 0.0440. The van der Waals surface area contributed by atoms with E-state index in [9.17, 15) is 9.59 Å². The lowest BCUT2D eigenvalue weighted by Gasteiger charge is -2.27. The van der Waals surface area contributed by atoms with E-state index in [1.807, 2.05) is 43.4 Å². The molecule has 1 fully saturated rings. The van der Waals surface area contributed by atoms with Crippen LogP contribution in [0.1, 0.15) is 36.8 Å². The predicted molar refractivity (Wildman–Crippen MR) is 118 cm³/mol. The van der Waals surface area contributed by atoms with Gasteiger partial charge in [0.1, 0.15) is 5.71 Å². The summed E-state index contributed by atoms with van der Waals surface area (Å²) >= 11 is 0. The molecule has 30 heavy (non-hydrogen) atoms. The molecular weight excluding hydrogens is 376 g/mol. The van der Waals surface area contributed by atoms with Crippen LogP contribution in [0.4, 0.5) is 5.69 Å². The molecular formula is C24H28N4O2. The second-order valence-electron chi connectivity index (χ2n) is 7.97. The van der Waals surface area contributed by atoms with Gasteiger partial charge in [-0.2, -0.15) is 5.10 Å². The minimum atomic E-state index is -0.114. The molecule has 0 atom stereocenters. The first-order valence-corrected chi connectivity index (χ1v) is 10.6. The Labute approximate surface area is 177 Å². The third kappa shape index (κ3) is 4.53. The largest absolute Gasteiger partial charge is 0.371 e. The molecule has 0 radical (unpaired) electrons. The van der Waals surface area contributed by atoms with Crippen molar-refractivity contribution in [1.82, 2.24) is 9.91 Å². The van der Waals surface area contributed by atoms with Gasteiger partial charge in [0.2, 0.25) is 5.91 Å². The third-order valence-electron chi connectivity index (χ3n) is 5.72. The van der Waals surface area contributed by atoms with E-state index in [0.717, 1.165) is 24.2 Å². The van der Waals surface area contributed by atoms with Crippen molar-refractivity contribution in [1.29, 1.82) is 0 Å². The van der Waals surface area contributed by atoms with Gasteiger partial charge >= 0.3 is 0 Å². The molecule has 0 spiro atoms. The van der Waals surface area contributed by atoms with Crippen molar-refractivity contribution < 1.29 is 9.59 Å². The molecule has 4 rings (SSSR count). The highest BCUT2D eigenvalue weighted by Crippen LogP contribution is 2.25. The van der Waals surface area contributed by atoms with Crippen molar-refractivity contribution in [3.8, 4) is 0 Å². The quantitative estimate of drug-likeness (QED) is 0.741. The van der Waals surface area contributed by atoms with E-state index < -0.39 is 0 Å². The average Bonchev–Trinajstić information content (AvgIpc) is 3.30. The van der Waals surface area contributed by atoms with Gasteiger partial charge in [0.05, 0.1) is 6.54 Å². The summed E-state index contributed by atoms with van der Waals surface area (Å²) in [5.41, 5.74) is 3.80. The van der Waals surface area contributed by atoms with E-state index in [0.29, 0.717) is 31.6 Å². The molecule has 0 bridgehead atoms. The maximum Gasteiger partial charge on any atom is 0.270 e. The van der Waals surface area contributed by atoms with Crippen molar-refractivity contribution in [2.24, 2.45) is 5.10 Å². The highest BCUT2D eigenvalue weighted by molar-refractivity contribution is 6.39. The van der Waals surface area contributed by atoms with Crippen LogP contribution in [0.25, 0.3) is 0 Å². The second kappa shape index (κ2) is 9.11. The standard InChI is InChI=1S/C24H28N4O2/c1-26(18-20-11-5-6-12-22(20)27-15-7-8-16-27)24(30)21-13-14-23(29)28(25-21)17-19-9-3-2-4-10-19/h2-6,9-12H,7-8,13-18H2,1H3. The zero-order chi connectivity index (χ0) is 20.9. The smallest absolute Gasteiger partial charge is 0.270 e. The molecule has 0 aromatic heterocycles. The summed E-state index contributed by atoms with van der Waals surface area (Å²) < 4.78 is 0. The van der Waals surface area contributed by atoms with E-state index in [1.165, 1.54) is 23.5 Å². The van der Waals surface area contributed by atoms with Crippen LogP contribution in [0.2, 0.25) is 0 Å². The molecule has 0 aliphatic carbocycles. The van der Waals surface area contributed by atoms with Crippen LogP contribution in [0.5, 0.6) is 0 Å². The Hall–Kier alpha value is -3.15. The molecule has 0 saturated carbocycles. The SMILES string of the molecule is CN(Cc1ccccc1N1CCCC1)C(=O)C1=NN(Cc2ccccc2)C(=O)CC1. The summed E-state index contributed by atoms with van der Waals surface area (Å²) in [7, 11) is 1.81. The van der Waals surface area contributed by atoms with Gasteiger partial charge in [-0.1, -0.05) is 48.5 Å². The number of para-hydroxylation sites is 1. The van der Waals surface area contributed by atoms with Gasteiger partial charge in [0.15, 0.2) is 0 Å². The van der Waals surface area contributed by atoms with Crippen LogP contribution in [-0.4, -0.2) is 47.6 Å². The summed E-state index contributed by atoms with van der Waals surface area (Å²) in [6.07, 6.45) is 3.13. The van der Waals surface area contributed by atoms with Gasteiger partial charge in [0, 0.05) is 45.2 Å². The van der Waals surface area contributed by atoms with Gasteiger partial charge in [-0.3, -0.25) is 9.59 Å². The second-order valence-corrected chi connectivity index (χ2v) is 7.97. The number of rotatable bonds is 6. The topological polar surface area (TPSA) is 56.2 Å². The fourth-order valence-electron chi connectivity index (χ4n) is 4.09. The number of hydrazone groups is 1. The normalized spacial score (nSPS) is 16.6. The van der Waals surface area contributed by atoms with Crippen LogP contribution >= 0.6 is 0 Å². The highest BCUT2D eigenvalue weighted by Gasteiger charge is 2.27. The number of anilines is 1. The number of hydrogen-bond acceptors (Lipinski definition) is 4. The third-order valence-corrected chi connectivity index (χ3v) is 5.72. The van der Waals surface area contributed by atoms with E-state index in [-0.39, 0.29) is 11.8 Å². The Morgan fingerprint density at radius 3 is 2.47 bits per heavy atom. The fourth-order valence-corrected chi connectivity index (χ4v) is 4.09. The zero-order valence-electron chi connectivity index (χ0n) is 17.5. The summed E-state index contributed by atoms with van der Waals surface area (Å²) in [5, 5.41) is 5.85. The summed E-state index contributed by atoms with van der Waals surface area (Å²) in [5.74, 6) is -0.158. The van der Waals surface area contributed by atoms with Crippen LogP contribution < -0.4 is 4.90 Å². The van der Waals surface area contributed by atoms with Crippen molar-refractivity contribution in [2.75, 3.05) is 25.0 Å². The minimum Gasteiger partial charge on any atom is -0.371 e. The lowest BCUT2D eigenvalue weighted by atomic mass is 10.1. The van der Waals surface area contributed by atoms with Gasteiger partial charge in [-0.05, 0) is 30.0 Å². The summed E-state index contributed by atoms with van der Waals surface area (Å²) in [6, 6.07) is 18.0. The Morgan fingerprint density at radius 1 is 1.00 bits per heavy atom. The van der Waals surface area contributed by atoms with E-state index in [1.54, 1.807) is 4.90 Å².